The third-order valence-corrected chi connectivity index (χ3v) is 3.60. The van der Waals surface area contributed by atoms with Crippen molar-refractivity contribution < 1.29 is 4.42 Å². The van der Waals surface area contributed by atoms with Crippen molar-refractivity contribution in [3.05, 3.63) is 58.5 Å². The van der Waals surface area contributed by atoms with Crippen LogP contribution in [0, 0.1) is 0 Å². The first-order chi connectivity index (χ1) is 10.9. The van der Waals surface area contributed by atoms with E-state index in [1.54, 1.807) is 6.26 Å². The number of guanidine groups is 1. The fourth-order valence-electron chi connectivity index (χ4n) is 2.01. The molecule has 1 aromatic carbocycles. The van der Waals surface area contributed by atoms with Crippen molar-refractivity contribution >= 4 is 21.9 Å². The second kappa shape index (κ2) is 8.20. The number of aliphatic imine (C=N–C) groups is 1. The van der Waals surface area contributed by atoms with Gasteiger partial charge in [0.05, 0.1) is 12.8 Å². The molecule has 0 aliphatic rings. The highest BCUT2D eigenvalue weighted by molar-refractivity contribution is 9.10. The van der Waals surface area contributed by atoms with Crippen LogP contribution >= 0.6 is 15.9 Å². The number of nitrogens with zero attached hydrogens (tertiary/aromatic N) is 1. The zero-order valence-corrected chi connectivity index (χ0v) is 15.5. The van der Waals surface area contributed by atoms with E-state index in [4.69, 9.17) is 4.42 Å². The number of hydrogen-bond donors (Lipinski definition) is 2. The molecular weight excluding hydrogens is 354 g/mol. The molecule has 0 aliphatic carbocycles. The molecule has 0 atom stereocenters. The Bertz CT molecular complexity index is 613. The molecule has 0 radical (unpaired) electrons. The first-order valence-corrected chi connectivity index (χ1v) is 8.55. The summed E-state index contributed by atoms with van der Waals surface area (Å²) in [5.41, 5.74) is 1.13. The van der Waals surface area contributed by atoms with Gasteiger partial charge in [-0.1, -0.05) is 28.1 Å². The first-order valence-electron chi connectivity index (χ1n) is 7.76. The summed E-state index contributed by atoms with van der Waals surface area (Å²) >= 11 is 3.45. The van der Waals surface area contributed by atoms with E-state index in [9.17, 15) is 0 Å². The molecule has 1 heterocycles. The van der Waals surface area contributed by atoms with Gasteiger partial charge in [0.15, 0.2) is 5.96 Å². The van der Waals surface area contributed by atoms with Gasteiger partial charge in [-0.15, -0.1) is 0 Å². The summed E-state index contributed by atoms with van der Waals surface area (Å²) in [5, 5.41) is 6.78. The summed E-state index contributed by atoms with van der Waals surface area (Å²) in [5.74, 6) is 1.78. The summed E-state index contributed by atoms with van der Waals surface area (Å²) < 4.78 is 6.43. The van der Waals surface area contributed by atoms with Crippen molar-refractivity contribution in [2.45, 2.75) is 39.3 Å². The van der Waals surface area contributed by atoms with Gasteiger partial charge in [-0.3, -0.25) is 0 Å². The van der Waals surface area contributed by atoms with Gasteiger partial charge in [0.1, 0.15) is 5.76 Å². The van der Waals surface area contributed by atoms with Gasteiger partial charge < -0.3 is 15.1 Å². The average molecular weight is 378 g/mol. The summed E-state index contributed by atoms with van der Waals surface area (Å²) in [6.45, 7) is 7.78. The number of halogens is 1. The number of furan rings is 1. The van der Waals surface area contributed by atoms with Crippen molar-refractivity contribution in [2.75, 3.05) is 6.54 Å². The molecule has 2 N–H and O–H groups in total. The molecule has 1 aromatic heterocycles. The zero-order valence-electron chi connectivity index (χ0n) is 13.9. The maximum atomic E-state index is 5.35. The highest BCUT2D eigenvalue weighted by Crippen LogP contribution is 2.11. The van der Waals surface area contributed by atoms with E-state index in [-0.39, 0.29) is 5.54 Å². The smallest absolute Gasteiger partial charge is 0.192 e. The lowest BCUT2D eigenvalue weighted by molar-refractivity contribution is 0.492. The fourth-order valence-corrected chi connectivity index (χ4v) is 2.28. The van der Waals surface area contributed by atoms with Crippen LogP contribution in [-0.4, -0.2) is 18.0 Å². The molecule has 0 saturated heterocycles. The summed E-state index contributed by atoms with van der Waals surface area (Å²) in [4.78, 5) is 4.68. The minimum absolute atomic E-state index is 0.0454. The van der Waals surface area contributed by atoms with Crippen LogP contribution in [0.4, 0.5) is 0 Å². The Balaban J connectivity index is 1.94. The SMILES string of the molecule is CC(C)(C)NC(=NCc1ccc(Br)cc1)NCCc1ccco1. The molecule has 4 nitrogen and oxygen atoms in total. The Morgan fingerprint density at radius 1 is 1.17 bits per heavy atom. The van der Waals surface area contributed by atoms with Crippen LogP contribution in [0.5, 0.6) is 0 Å². The molecule has 2 rings (SSSR count). The zero-order chi connectivity index (χ0) is 16.7. The minimum atomic E-state index is -0.0454. The van der Waals surface area contributed by atoms with Gasteiger partial charge >= 0.3 is 0 Å². The molecule has 0 fully saturated rings. The fraction of sp³-hybridized carbons (Fsp3) is 0.389. The van der Waals surface area contributed by atoms with Gasteiger partial charge in [0.25, 0.3) is 0 Å². The Hall–Kier alpha value is -1.75. The summed E-state index contributed by atoms with van der Waals surface area (Å²) in [6, 6.07) is 12.1. The number of nitrogens with one attached hydrogen (secondary N) is 2. The maximum absolute atomic E-state index is 5.35. The third kappa shape index (κ3) is 6.91. The number of hydrogen-bond acceptors (Lipinski definition) is 2. The van der Waals surface area contributed by atoms with Crippen LogP contribution in [0.3, 0.4) is 0 Å². The topological polar surface area (TPSA) is 49.6 Å². The standard InChI is InChI=1S/C18H24BrN3O/c1-18(2,3)22-17(20-11-10-16-5-4-12-23-16)21-13-14-6-8-15(19)9-7-14/h4-9,12H,10-11,13H2,1-3H3,(H2,20,21,22). The van der Waals surface area contributed by atoms with E-state index in [1.165, 1.54) is 5.56 Å². The lowest BCUT2D eigenvalue weighted by atomic mass is 10.1. The van der Waals surface area contributed by atoms with Crippen molar-refractivity contribution in [3.63, 3.8) is 0 Å². The Morgan fingerprint density at radius 2 is 1.91 bits per heavy atom. The van der Waals surface area contributed by atoms with Crippen molar-refractivity contribution in [2.24, 2.45) is 4.99 Å². The summed E-state index contributed by atoms with van der Waals surface area (Å²) in [6.07, 6.45) is 2.53. The molecule has 23 heavy (non-hydrogen) atoms. The predicted molar refractivity (Wildman–Crippen MR) is 98.6 cm³/mol. The van der Waals surface area contributed by atoms with Crippen LogP contribution in [0.1, 0.15) is 32.1 Å². The van der Waals surface area contributed by atoms with Gasteiger partial charge in [0, 0.05) is 23.0 Å². The predicted octanol–water partition coefficient (Wildman–Crippen LogP) is 4.12. The Kier molecular flexibility index (Phi) is 6.28. The minimum Gasteiger partial charge on any atom is -0.469 e. The van der Waals surface area contributed by atoms with Crippen LogP contribution in [0.15, 0.2) is 56.5 Å². The van der Waals surface area contributed by atoms with E-state index in [2.05, 4.69) is 64.5 Å². The van der Waals surface area contributed by atoms with Crippen LogP contribution in [0.2, 0.25) is 0 Å². The largest absolute Gasteiger partial charge is 0.469 e. The van der Waals surface area contributed by atoms with Gasteiger partial charge in [-0.2, -0.15) is 0 Å². The van der Waals surface area contributed by atoms with Crippen LogP contribution < -0.4 is 10.6 Å². The molecule has 0 bridgehead atoms. The van der Waals surface area contributed by atoms with E-state index in [0.29, 0.717) is 6.54 Å². The normalized spacial score (nSPS) is 12.3. The molecule has 2 aromatic rings. The number of benzene rings is 1. The third-order valence-electron chi connectivity index (χ3n) is 3.07. The molecule has 0 saturated carbocycles. The maximum Gasteiger partial charge on any atom is 0.192 e. The quantitative estimate of drug-likeness (QED) is 0.608. The van der Waals surface area contributed by atoms with Crippen molar-refractivity contribution in [1.82, 2.24) is 10.6 Å². The molecule has 0 amide bonds. The van der Waals surface area contributed by atoms with Crippen LogP contribution in [0.25, 0.3) is 0 Å². The van der Waals surface area contributed by atoms with E-state index in [0.717, 1.165) is 29.2 Å². The molecule has 0 unspecified atom stereocenters. The monoisotopic (exact) mass is 377 g/mol. The highest BCUT2D eigenvalue weighted by Gasteiger charge is 2.12. The highest BCUT2D eigenvalue weighted by atomic mass is 79.9. The van der Waals surface area contributed by atoms with Gasteiger partial charge in [0.2, 0.25) is 0 Å². The second-order valence-electron chi connectivity index (χ2n) is 6.42. The Labute approximate surface area is 146 Å². The van der Waals surface area contributed by atoms with E-state index in [1.807, 2.05) is 24.3 Å². The van der Waals surface area contributed by atoms with Gasteiger partial charge in [-0.05, 0) is 50.6 Å². The van der Waals surface area contributed by atoms with E-state index >= 15 is 0 Å². The summed E-state index contributed by atoms with van der Waals surface area (Å²) in [7, 11) is 0. The van der Waals surface area contributed by atoms with Gasteiger partial charge in [-0.25, -0.2) is 4.99 Å². The lowest BCUT2D eigenvalue weighted by Gasteiger charge is -2.24. The second-order valence-corrected chi connectivity index (χ2v) is 7.34. The molecule has 124 valence electrons. The van der Waals surface area contributed by atoms with Crippen molar-refractivity contribution in [3.8, 4) is 0 Å². The molecular formula is C18H24BrN3O. The Morgan fingerprint density at radius 3 is 2.52 bits per heavy atom. The first kappa shape index (κ1) is 17.6. The average Bonchev–Trinajstić information content (AvgIpc) is 2.98. The number of rotatable bonds is 5. The lowest BCUT2D eigenvalue weighted by Crippen LogP contribution is -2.48. The van der Waals surface area contributed by atoms with Crippen LogP contribution in [-0.2, 0) is 13.0 Å². The molecule has 0 aliphatic heterocycles. The van der Waals surface area contributed by atoms with Crippen molar-refractivity contribution in [1.29, 1.82) is 0 Å². The van der Waals surface area contributed by atoms with E-state index < -0.39 is 0 Å². The molecule has 0 spiro atoms. The molecule has 5 heteroatoms.